The van der Waals surface area contributed by atoms with E-state index in [0.29, 0.717) is 11.7 Å². The van der Waals surface area contributed by atoms with Gasteiger partial charge in [0.15, 0.2) is 5.69 Å². The Bertz CT molecular complexity index is 416. The Labute approximate surface area is 108 Å². The Morgan fingerprint density at radius 2 is 2.11 bits per heavy atom. The van der Waals surface area contributed by atoms with Crippen molar-refractivity contribution in [1.82, 2.24) is 9.97 Å². The quantitative estimate of drug-likeness (QED) is 0.814. The van der Waals surface area contributed by atoms with Gasteiger partial charge in [-0.3, -0.25) is 4.98 Å². The second-order valence-corrected chi connectivity index (χ2v) is 5.28. The van der Waals surface area contributed by atoms with Crippen molar-refractivity contribution in [2.45, 2.75) is 27.7 Å². The van der Waals surface area contributed by atoms with E-state index in [2.05, 4.69) is 47.7 Å². The van der Waals surface area contributed by atoms with Gasteiger partial charge in [-0.15, -0.1) is 0 Å². The van der Waals surface area contributed by atoms with Crippen molar-refractivity contribution in [2.75, 3.05) is 19.0 Å². The van der Waals surface area contributed by atoms with Crippen molar-refractivity contribution in [3.8, 4) is 0 Å². The monoisotopic (exact) mass is 251 g/mol. The van der Waals surface area contributed by atoms with Crippen molar-refractivity contribution in [1.29, 1.82) is 0 Å². The molecular formula is C13H21N3O2. The standard InChI is InChI=1S/C13H21N3O2/c1-9(2)13(3,4)8-15-11-7-14-6-10(16-11)12(17)18-5/h6-7,9H,8H2,1-5H3,(H,15,16). The first-order valence-electron chi connectivity index (χ1n) is 6.01. The van der Waals surface area contributed by atoms with Crippen LogP contribution in [0.2, 0.25) is 0 Å². The number of methoxy groups -OCH3 is 1. The minimum atomic E-state index is -0.478. The van der Waals surface area contributed by atoms with Crippen LogP contribution in [0, 0.1) is 11.3 Å². The van der Waals surface area contributed by atoms with Gasteiger partial charge >= 0.3 is 5.97 Å². The molecule has 1 N–H and O–H groups in total. The number of aromatic nitrogens is 2. The molecule has 5 nitrogen and oxygen atoms in total. The molecular weight excluding hydrogens is 230 g/mol. The molecule has 1 heterocycles. The van der Waals surface area contributed by atoms with Gasteiger partial charge in [-0.2, -0.15) is 0 Å². The predicted octanol–water partition coefficient (Wildman–Crippen LogP) is 2.36. The molecule has 5 heteroatoms. The zero-order valence-electron chi connectivity index (χ0n) is 11.7. The smallest absolute Gasteiger partial charge is 0.358 e. The molecule has 0 amide bonds. The molecule has 18 heavy (non-hydrogen) atoms. The zero-order valence-corrected chi connectivity index (χ0v) is 11.7. The van der Waals surface area contributed by atoms with Crippen molar-refractivity contribution < 1.29 is 9.53 Å². The van der Waals surface area contributed by atoms with Crippen LogP contribution >= 0.6 is 0 Å². The number of carbonyl (C=O) groups is 1. The van der Waals surface area contributed by atoms with Gasteiger partial charge in [0.1, 0.15) is 5.82 Å². The normalized spacial score (nSPS) is 11.4. The first-order chi connectivity index (χ1) is 8.36. The molecule has 0 fully saturated rings. The number of hydrogen-bond acceptors (Lipinski definition) is 5. The van der Waals surface area contributed by atoms with Gasteiger partial charge in [-0.1, -0.05) is 27.7 Å². The predicted molar refractivity (Wildman–Crippen MR) is 70.5 cm³/mol. The lowest BCUT2D eigenvalue weighted by Gasteiger charge is -2.29. The van der Waals surface area contributed by atoms with E-state index in [1.54, 1.807) is 6.20 Å². The molecule has 0 bridgehead atoms. The maximum atomic E-state index is 11.3. The molecule has 0 atom stereocenters. The van der Waals surface area contributed by atoms with Gasteiger partial charge in [0, 0.05) is 6.54 Å². The summed E-state index contributed by atoms with van der Waals surface area (Å²) in [6.45, 7) is 9.49. The van der Waals surface area contributed by atoms with Gasteiger partial charge in [0.25, 0.3) is 0 Å². The molecule has 0 aliphatic rings. The van der Waals surface area contributed by atoms with Crippen molar-refractivity contribution in [2.24, 2.45) is 11.3 Å². The van der Waals surface area contributed by atoms with E-state index in [1.165, 1.54) is 13.3 Å². The van der Waals surface area contributed by atoms with E-state index in [1.807, 2.05) is 0 Å². The summed E-state index contributed by atoms with van der Waals surface area (Å²) in [7, 11) is 1.33. The zero-order chi connectivity index (χ0) is 13.8. The second kappa shape index (κ2) is 5.80. The summed E-state index contributed by atoms with van der Waals surface area (Å²) in [6.07, 6.45) is 2.99. The number of nitrogens with one attached hydrogen (secondary N) is 1. The average molecular weight is 251 g/mol. The lowest BCUT2D eigenvalue weighted by molar-refractivity contribution is 0.0593. The summed E-state index contributed by atoms with van der Waals surface area (Å²) in [5, 5.41) is 3.20. The topological polar surface area (TPSA) is 64.1 Å². The van der Waals surface area contributed by atoms with E-state index in [0.717, 1.165) is 6.54 Å². The van der Waals surface area contributed by atoms with E-state index in [-0.39, 0.29) is 11.1 Å². The third-order valence-electron chi connectivity index (χ3n) is 3.32. The van der Waals surface area contributed by atoms with Gasteiger partial charge in [-0.05, 0) is 11.3 Å². The molecule has 0 unspecified atom stereocenters. The summed E-state index contributed by atoms with van der Waals surface area (Å²) in [5.74, 6) is 0.655. The van der Waals surface area contributed by atoms with Crippen molar-refractivity contribution in [3.05, 3.63) is 18.1 Å². The Morgan fingerprint density at radius 3 is 2.67 bits per heavy atom. The number of anilines is 1. The summed E-state index contributed by atoms with van der Waals surface area (Å²) in [5.41, 5.74) is 0.355. The molecule has 1 rings (SSSR count). The second-order valence-electron chi connectivity index (χ2n) is 5.28. The first kappa shape index (κ1) is 14.4. The van der Waals surface area contributed by atoms with Gasteiger partial charge in [0.05, 0.1) is 19.5 Å². The average Bonchev–Trinajstić information content (AvgIpc) is 2.35. The van der Waals surface area contributed by atoms with Crippen LogP contribution in [0.15, 0.2) is 12.4 Å². The summed E-state index contributed by atoms with van der Waals surface area (Å²) < 4.78 is 4.61. The van der Waals surface area contributed by atoms with Crippen LogP contribution in [-0.2, 0) is 4.74 Å². The molecule has 0 saturated heterocycles. The first-order valence-corrected chi connectivity index (χ1v) is 6.01. The van der Waals surface area contributed by atoms with Crippen LogP contribution in [0.25, 0.3) is 0 Å². The highest BCUT2D eigenvalue weighted by Gasteiger charge is 2.22. The van der Waals surface area contributed by atoms with Gasteiger partial charge < -0.3 is 10.1 Å². The fraction of sp³-hybridized carbons (Fsp3) is 0.615. The Morgan fingerprint density at radius 1 is 1.44 bits per heavy atom. The Hall–Kier alpha value is -1.65. The SMILES string of the molecule is COC(=O)c1cncc(NCC(C)(C)C(C)C)n1. The van der Waals surface area contributed by atoms with Crippen LogP contribution in [0.4, 0.5) is 5.82 Å². The number of rotatable bonds is 5. The molecule has 0 aliphatic carbocycles. The highest BCUT2D eigenvalue weighted by Crippen LogP contribution is 2.25. The summed E-state index contributed by atoms with van der Waals surface area (Å²) >= 11 is 0. The van der Waals surface area contributed by atoms with E-state index in [9.17, 15) is 4.79 Å². The van der Waals surface area contributed by atoms with Crippen LogP contribution in [0.1, 0.15) is 38.2 Å². The Balaban J connectivity index is 2.72. The molecule has 1 aromatic heterocycles. The third-order valence-corrected chi connectivity index (χ3v) is 3.32. The molecule has 0 aromatic carbocycles. The van der Waals surface area contributed by atoms with Crippen LogP contribution in [-0.4, -0.2) is 29.6 Å². The van der Waals surface area contributed by atoms with Crippen LogP contribution < -0.4 is 5.32 Å². The number of esters is 1. The van der Waals surface area contributed by atoms with Gasteiger partial charge in [0.2, 0.25) is 0 Å². The minimum Gasteiger partial charge on any atom is -0.464 e. The molecule has 100 valence electrons. The fourth-order valence-electron chi connectivity index (χ4n) is 1.18. The summed E-state index contributed by atoms with van der Waals surface area (Å²) in [6, 6.07) is 0. The number of nitrogens with zero attached hydrogens (tertiary/aromatic N) is 2. The molecule has 0 spiro atoms. The molecule has 0 saturated carbocycles. The van der Waals surface area contributed by atoms with Crippen LogP contribution in [0.3, 0.4) is 0 Å². The molecule has 1 aromatic rings. The van der Waals surface area contributed by atoms with Crippen molar-refractivity contribution in [3.63, 3.8) is 0 Å². The summed E-state index contributed by atoms with van der Waals surface area (Å²) in [4.78, 5) is 19.5. The van der Waals surface area contributed by atoms with E-state index < -0.39 is 5.97 Å². The maximum absolute atomic E-state index is 11.3. The highest BCUT2D eigenvalue weighted by molar-refractivity contribution is 5.87. The third kappa shape index (κ3) is 3.68. The molecule has 0 radical (unpaired) electrons. The largest absolute Gasteiger partial charge is 0.464 e. The number of hydrogen-bond donors (Lipinski definition) is 1. The van der Waals surface area contributed by atoms with E-state index in [4.69, 9.17) is 0 Å². The number of ether oxygens (including phenoxy) is 1. The fourth-order valence-corrected chi connectivity index (χ4v) is 1.18. The van der Waals surface area contributed by atoms with E-state index >= 15 is 0 Å². The van der Waals surface area contributed by atoms with Crippen molar-refractivity contribution >= 4 is 11.8 Å². The Kier molecular flexibility index (Phi) is 4.64. The van der Waals surface area contributed by atoms with Crippen LogP contribution in [0.5, 0.6) is 0 Å². The lowest BCUT2D eigenvalue weighted by atomic mass is 9.81. The molecule has 0 aliphatic heterocycles. The number of carbonyl (C=O) groups excluding carboxylic acids is 1. The minimum absolute atomic E-state index is 0.142. The van der Waals surface area contributed by atoms with Gasteiger partial charge in [-0.25, -0.2) is 9.78 Å². The lowest BCUT2D eigenvalue weighted by Crippen LogP contribution is -2.29. The maximum Gasteiger partial charge on any atom is 0.358 e. The highest BCUT2D eigenvalue weighted by atomic mass is 16.5.